The molecule has 7 heteroatoms. The Morgan fingerprint density at radius 3 is 2.62 bits per heavy atom. The topological polar surface area (TPSA) is 101 Å². The SMILES string of the molecule is N#Cc1ccc(F)c(C=NN=C(N)N)c1F. The number of hydrogen-bond acceptors (Lipinski definition) is 3. The van der Waals surface area contributed by atoms with Gasteiger partial charge in [-0.15, -0.1) is 5.10 Å². The van der Waals surface area contributed by atoms with Crippen LogP contribution in [-0.4, -0.2) is 12.2 Å². The summed E-state index contributed by atoms with van der Waals surface area (Å²) >= 11 is 0. The highest BCUT2D eigenvalue weighted by Crippen LogP contribution is 2.14. The van der Waals surface area contributed by atoms with Gasteiger partial charge >= 0.3 is 0 Å². The molecule has 1 aromatic carbocycles. The quantitative estimate of drug-likeness (QED) is 0.432. The number of nitrogens with two attached hydrogens (primary N) is 2. The molecule has 1 aromatic rings. The molecule has 82 valence electrons. The van der Waals surface area contributed by atoms with Gasteiger partial charge in [0.2, 0.25) is 5.96 Å². The van der Waals surface area contributed by atoms with Crippen LogP contribution in [0.25, 0.3) is 0 Å². The summed E-state index contributed by atoms with van der Waals surface area (Å²) < 4.78 is 26.5. The number of halogens is 2. The van der Waals surface area contributed by atoms with Gasteiger partial charge in [0.1, 0.15) is 11.9 Å². The summed E-state index contributed by atoms with van der Waals surface area (Å²) in [5.74, 6) is -2.20. The van der Waals surface area contributed by atoms with E-state index in [0.29, 0.717) is 0 Å². The van der Waals surface area contributed by atoms with E-state index in [1.165, 1.54) is 0 Å². The minimum atomic E-state index is -1.00. The summed E-state index contributed by atoms with van der Waals surface area (Å²) in [4.78, 5) is 0. The molecule has 0 amide bonds. The number of nitriles is 1. The molecule has 0 heterocycles. The van der Waals surface area contributed by atoms with Crippen LogP contribution in [0.2, 0.25) is 0 Å². The lowest BCUT2D eigenvalue weighted by Gasteiger charge is -1.99. The molecule has 0 atom stereocenters. The number of hydrogen-bond donors (Lipinski definition) is 2. The molecule has 0 bridgehead atoms. The molecule has 4 N–H and O–H groups in total. The van der Waals surface area contributed by atoms with Crippen molar-refractivity contribution in [1.82, 2.24) is 0 Å². The van der Waals surface area contributed by atoms with E-state index in [4.69, 9.17) is 16.7 Å². The maximum absolute atomic E-state index is 13.4. The largest absolute Gasteiger partial charge is 0.369 e. The lowest BCUT2D eigenvalue weighted by molar-refractivity contribution is 0.577. The van der Waals surface area contributed by atoms with Crippen molar-refractivity contribution >= 4 is 12.2 Å². The van der Waals surface area contributed by atoms with Crippen LogP contribution in [0.4, 0.5) is 8.78 Å². The van der Waals surface area contributed by atoms with E-state index in [1.807, 2.05) is 0 Å². The first kappa shape index (κ1) is 11.6. The Morgan fingerprint density at radius 2 is 2.06 bits per heavy atom. The van der Waals surface area contributed by atoms with Gasteiger partial charge in [0.25, 0.3) is 0 Å². The molecule has 0 unspecified atom stereocenters. The van der Waals surface area contributed by atoms with Gasteiger partial charge in [0, 0.05) is 0 Å². The van der Waals surface area contributed by atoms with E-state index in [2.05, 4.69) is 10.2 Å². The molecule has 0 saturated heterocycles. The first-order chi connectivity index (χ1) is 7.56. The van der Waals surface area contributed by atoms with Gasteiger partial charge in [-0.3, -0.25) is 0 Å². The highest BCUT2D eigenvalue weighted by Gasteiger charge is 2.11. The minimum Gasteiger partial charge on any atom is -0.369 e. The monoisotopic (exact) mass is 223 g/mol. The second kappa shape index (κ2) is 4.84. The van der Waals surface area contributed by atoms with Crippen LogP contribution in [0, 0.1) is 23.0 Å². The summed E-state index contributed by atoms with van der Waals surface area (Å²) in [5, 5.41) is 15.0. The molecule has 0 aliphatic heterocycles. The predicted octanol–water partition coefficient (Wildman–Crippen LogP) is 0.444. The molecule has 0 radical (unpaired) electrons. The van der Waals surface area contributed by atoms with Crippen molar-refractivity contribution in [2.45, 2.75) is 0 Å². The fourth-order valence-corrected chi connectivity index (χ4v) is 0.927. The van der Waals surface area contributed by atoms with Crippen molar-refractivity contribution in [3.63, 3.8) is 0 Å². The Labute approximate surface area is 89.7 Å². The molecule has 1 rings (SSSR count). The lowest BCUT2D eigenvalue weighted by Crippen LogP contribution is -2.21. The van der Waals surface area contributed by atoms with Gasteiger partial charge < -0.3 is 11.5 Å². The van der Waals surface area contributed by atoms with Crippen LogP contribution in [0.1, 0.15) is 11.1 Å². The third kappa shape index (κ3) is 2.51. The summed E-state index contributed by atoms with van der Waals surface area (Å²) in [6, 6.07) is 3.56. The second-order valence-electron chi connectivity index (χ2n) is 2.70. The van der Waals surface area contributed by atoms with E-state index < -0.39 is 17.2 Å². The van der Waals surface area contributed by atoms with Crippen LogP contribution in [0.15, 0.2) is 22.3 Å². The Kier molecular flexibility index (Phi) is 3.50. The van der Waals surface area contributed by atoms with Crippen molar-refractivity contribution in [1.29, 1.82) is 5.26 Å². The van der Waals surface area contributed by atoms with Crippen molar-refractivity contribution in [2.75, 3.05) is 0 Å². The van der Waals surface area contributed by atoms with Crippen LogP contribution in [-0.2, 0) is 0 Å². The van der Waals surface area contributed by atoms with Crippen LogP contribution >= 0.6 is 0 Å². The number of nitrogens with zero attached hydrogens (tertiary/aromatic N) is 3. The fraction of sp³-hybridized carbons (Fsp3) is 0. The number of guanidine groups is 1. The van der Waals surface area contributed by atoms with Crippen LogP contribution in [0.5, 0.6) is 0 Å². The minimum absolute atomic E-state index is 0.285. The first-order valence-electron chi connectivity index (χ1n) is 4.06. The maximum Gasteiger partial charge on any atom is 0.211 e. The van der Waals surface area contributed by atoms with Crippen LogP contribution < -0.4 is 11.5 Å². The van der Waals surface area contributed by atoms with E-state index >= 15 is 0 Å². The average Bonchev–Trinajstić information content (AvgIpc) is 2.23. The van der Waals surface area contributed by atoms with Crippen molar-refractivity contribution in [3.8, 4) is 6.07 Å². The van der Waals surface area contributed by atoms with E-state index in [1.54, 1.807) is 6.07 Å². The Morgan fingerprint density at radius 1 is 1.38 bits per heavy atom. The third-order valence-electron chi connectivity index (χ3n) is 1.61. The number of rotatable bonds is 2. The fourth-order valence-electron chi connectivity index (χ4n) is 0.927. The molecule has 0 aromatic heterocycles. The van der Waals surface area contributed by atoms with Gasteiger partial charge in [-0.05, 0) is 12.1 Å². The second-order valence-corrected chi connectivity index (χ2v) is 2.70. The van der Waals surface area contributed by atoms with E-state index in [0.717, 1.165) is 18.3 Å². The smallest absolute Gasteiger partial charge is 0.211 e. The average molecular weight is 223 g/mol. The summed E-state index contributed by atoms with van der Waals surface area (Å²) in [6.45, 7) is 0. The van der Waals surface area contributed by atoms with Crippen LogP contribution in [0.3, 0.4) is 0 Å². The lowest BCUT2D eigenvalue weighted by atomic mass is 10.1. The van der Waals surface area contributed by atoms with Crippen molar-refractivity contribution in [3.05, 3.63) is 34.9 Å². The van der Waals surface area contributed by atoms with Gasteiger partial charge in [-0.2, -0.15) is 10.4 Å². The Balaban J connectivity index is 3.19. The summed E-state index contributed by atoms with van der Waals surface area (Å²) in [5.41, 5.74) is 9.17. The Hall–Kier alpha value is -2.49. The molecular formula is C9H7F2N5. The van der Waals surface area contributed by atoms with Gasteiger partial charge in [0.05, 0.1) is 17.3 Å². The molecule has 0 aliphatic carbocycles. The molecule has 16 heavy (non-hydrogen) atoms. The van der Waals surface area contributed by atoms with Gasteiger partial charge in [0.15, 0.2) is 5.82 Å². The highest BCUT2D eigenvalue weighted by molar-refractivity contribution is 5.82. The normalized spacial score (nSPS) is 10.1. The molecule has 5 nitrogen and oxygen atoms in total. The highest BCUT2D eigenvalue weighted by atomic mass is 19.1. The maximum atomic E-state index is 13.4. The van der Waals surface area contributed by atoms with Gasteiger partial charge in [-0.25, -0.2) is 8.78 Å². The third-order valence-corrected chi connectivity index (χ3v) is 1.61. The molecule has 0 saturated carbocycles. The zero-order valence-electron chi connectivity index (χ0n) is 7.98. The molecule has 0 spiro atoms. The zero-order valence-corrected chi connectivity index (χ0v) is 7.98. The molecular weight excluding hydrogens is 216 g/mol. The molecule has 0 aliphatic rings. The van der Waals surface area contributed by atoms with Crippen molar-refractivity contribution in [2.24, 2.45) is 21.7 Å². The zero-order chi connectivity index (χ0) is 12.1. The van der Waals surface area contributed by atoms with Crippen molar-refractivity contribution < 1.29 is 8.78 Å². The summed E-state index contributed by atoms with van der Waals surface area (Å²) in [6.07, 6.45) is 0.797. The number of benzene rings is 1. The standard InChI is InChI=1S/C9H7F2N5/c10-7-2-1-5(3-12)8(11)6(7)4-15-16-9(13)14/h1-2,4H,(H4,13,14,16). The van der Waals surface area contributed by atoms with E-state index in [-0.39, 0.29) is 11.5 Å². The molecule has 0 fully saturated rings. The predicted molar refractivity (Wildman–Crippen MR) is 54.5 cm³/mol. The summed E-state index contributed by atoms with van der Waals surface area (Å²) in [7, 11) is 0. The van der Waals surface area contributed by atoms with Gasteiger partial charge in [-0.1, -0.05) is 0 Å². The first-order valence-corrected chi connectivity index (χ1v) is 4.06. The Bertz CT molecular complexity index is 497. The van der Waals surface area contributed by atoms with E-state index in [9.17, 15) is 8.78 Å².